The standard InChI is InChI=1S/C20H23N7O4S/c1-20(2,28)7-8-31-17-9-16(14-5-4-6-15-18(14)22-12-21-15)24-19(25-17)26-32(29,30)13-10-23-27(3)11-13/h4-6,9-12,28H,7-8H2,1-3H3,(H,21,22)(H,24,25,26). The van der Waals surface area contributed by atoms with Gasteiger partial charge in [0.2, 0.25) is 11.8 Å². The summed E-state index contributed by atoms with van der Waals surface area (Å²) >= 11 is 0. The van der Waals surface area contributed by atoms with Crippen molar-refractivity contribution in [3.63, 3.8) is 0 Å². The molecule has 32 heavy (non-hydrogen) atoms. The number of fused-ring (bicyclic) bond motifs is 1. The summed E-state index contributed by atoms with van der Waals surface area (Å²) in [6.07, 6.45) is 4.54. The van der Waals surface area contributed by atoms with Gasteiger partial charge in [-0.2, -0.15) is 10.1 Å². The van der Waals surface area contributed by atoms with E-state index in [1.165, 1.54) is 17.1 Å². The van der Waals surface area contributed by atoms with Crippen molar-refractivity contribution in [2.75, 3.05) is 11.3 Å². The number of hydrogen-bond acceptors (Lipinski definition) is 8. The van der Waals surface area contributed by atoms with E-state index in [9.17, 15) is 13.5 Å². The molecule has 0 radical (unpaired) electrons. The second-order valence-corrected chi connectivity index (χ2v) is 9.57. The Morgan fingerprint density at radius 1 is 1.28 bits per heavy atom. The van der Waals surface area contributed by atoms with Gasteiger partial charge in [0.1, 0.15) is 4.90 Å². The molecule has 3 heterocycles. The summed E-state index contributed by atoms with van der Waals surface area (Å²) in [5, 5.41) is 13.8. The monoisotopic (exact) mass is 457 g/mol. The molecule has 0 aliphatic heterocycles. The van der Waals surface area contributed by atoms with Crippen LogP contribution in [0.1, 0.15) is 20.3 Å². The number of hydrogen-bond donors (Lipinski definition) is 3. The first-order chi connectivity index (χ1) is 15.1. The predicted octanol–water partition coefficient (Wildman–Crippen LogP) is 2.09. The van der Waals surface area contributed by atoms with E-state index in [0.29, 0.717) is 23.2 Å². The molecular formula is C20H23N7O4S. The van der Waals surface area contributed by atoms with Crippen molar-refractivity contribution in [3.05, 3.63) is 43.0 Å². The van der Waals surface area contributed by atoms with Crippen LogP contribution in [0, 0.1) is 0 Å². The molecule has 0 bridgehead atoms. The molecule has 168 valence electrons. The summed E-state index contributed by atoms with van der Waals surface area (Å²) in [7, 11) is -2.34. The molecule has 3 aromatic heterocycles. The third-order valence-corrected chi connectivity index (χ3v) is 5.89. The Morgan fingerprint density at radius 3 is 2.81 bits per heavy atom. The van der Waals surface area contributed by atoms with Crippen LogP contribution in [0.4, 0.5) is 5.95 Å². The molecule has 4 rings (SSSR count). The molecule has 1 aromatic carbocycles. The third-order valence-electron chi connectivity index (χ3n) is 4.61. The Bertz CT molecular complexity index is 1360. The van der Waals surface area contributed by atoms with Gasteiger partial charge in [0.05, 0.1) is 41.5 Å². The van der Waals surface area contributed by atoms with Gasteiger partial charge in [-0.15, -0.1) is 0 Å². The minimum absolute atomic E-state index is 0.0205. The van der Waals surface area contributed by atoms with E-state index in [1.54, 1.807) is 33.3 Å². The van der Waals surface area contributed by atoms with Crippen molar-refractivity contribution < 1.29 is 18.3 Å². The summed E-state index contributed by atoms with van der Waals surface area (Å²) in [6.45, 7) is 3.53. The lowest BCUT2D eigenvalue weighted by molar-refractivity contribution is 0.0547. The molecule has 12 heteroatoms. The fourth-order valence-electron chi connectivity index (χ4n) is 2.98. The molecule has 0 saturated heterocycles. The lowest BCUT2D eigenvalue weighted by Gasteiger charge is -2.17. The number of aromatic amines is 1. The molecule has 0 atom stereocenters. The van der Waals surface area contributed by atoms with E-state index in [-0.39, 0.29) is 23.3 Å². The summed E-state index contributed by atoms with van der Waals surface area (Å²) in [6, 6.07) is 7.15. The highest BCUT2D eigenvalue weighted by Gasteiger charge is 2.20. The number of H-pyrrole nitrogens is 1. The molecule has 3 N–H and O–H groups in total. The number of sulfonamides is 1. The highest BCUT2D eigenvalue weighted by molar-refractivity contribution is 7.92. The quantitative estimate of drug-likeness (QED) is 0.364. The first kappa shape index (κ1) is 21.7. The smallest absolute Gasteiger partial charge is 0.267 e. The second kappa shape index (κ2) is 8.20. The molecule has 11 nitrogen and oxygen atoms in total. The van der Waals surface area contributed by atoms with E-state index in [1.807, 2.05) is 18.2 Å². The molecule has 4 aromatic rings. The highest BCUT2D eigenvalue weighted by atomic mass is 32.2. The Kier molecular flexibility index (Phi) is 5.57. The number of rotatable bonds is 8. The first-order valence-corrected chi connectivity index (χ1v) is 11.3. The van der Waals surface area contributed by atoms with Crippen molar-refractivity contribution in [1.82, 2.24) is 29.7 Å². The number of aryl methyl sites for hydroxylation is 1. The Labute approximate surface area is 184 Å². The van der Waals surface area contributed by atoms with Gasteiger partial charge in [0.25, 0.3) is 10.0 Å². The second-order valence-electron chi connectivity index (χ2n) is 7.89. The number of nitrogens with zero attached hydrogens (tertiary/aromatic N) is 5. The maximum absolute atomic E-state index is 12.8. The summed E-state index contributed by atoms with van der Waals surface area (Å²) in [5.41, 5.74) is 1.68. The van der Waals surface area contributed by atoms with E-state index in [2.05, 4.69) is 29.8 Å². The van der Waals surface area contributed by atoms with Crippen LogP contribution in [-0.2, 0) is 17.1 Å². The predicted molar refractivity (Wildman–Crippen MR) is 118 cm³/mol. The van der Waals surface area contributed by atoms with E-state index < -0.39 is 15.6 Å². The van der Waals surface area contributed by atoms with Crippen LogP contribution < -0.4 is 9.46 Å². The number of aliphatic hydroxyl groups is 1. The van der Waals surface area contributed by atoms with Gasteiger partial charge in [0.15, 0.2) is 0 Å². The molecule has 0 aliphatic carbocycles. The van der Waals surface area contributed by atoms with E-state index in [4.69, 9.17) is 4.74 Å². The average molecular weight is 458 g/mol. The van der Waals surface area contributed by atoms with Gasteiger partial charge >= 0.3 is 0 Å². The number of aromatic nitrogens is 6. The summed E-state index contributed by atoms with van der Waals surface area (Å²) in [5.74, 6) is 0.00725. The Morgan fingerprint density at radius 2 is 2.09 bits per heavy atom. The van der Waals surface area contributed by atoms with Crippen molar-refractivity contribution in [2.45, 2.75) is 30.8 Å². The summed E-state index contributed by atoms with van der Waals surface area (Å²) < 4.78 is 35.0. The van der Waals surface area contributed by atoms with Gasteiger partial charge in [-0.3, -0.25) is 4.68 Å². The lowest BCUT2D eigenvalue weighted by Crippen LogP contribution is -2.22. The Balaban J connectivity index is 1.73. The first-order valence-electron chi connectivity index (χ1n) is 9.79. The van der Waals surface area contributed by atoms with Crippen molar-refractivity contribution in [1.29, 1.82) is 0 Å². The molecular weight excluding hydrogens is 434 g/mol. The average Bonchev–Trinajstić information content (AvgIpc) is 3.35. The van der Waals surface area contributed by atoms with Crippen LogP contribution in [0.5, 0.6) is 5.88 Å². The Hall–Kier alpha value is -3.51. The fourth-order valence-corrected chi connectivity index (χ4v) is 3.90. The van der Waals surface area contributed by atoms with Gasteiger partial charge in [-0.1, -0.05) is 12.1 Å². The van der Waals surface area contributed by atoms with Crippen molar-refractivity contribution >= 4 is 27.0 Å². The molecule has 0 aliphatic rings. The van der Waals surface area contributed by atoms with Gasteiger partial charge in [-0.05, 0) is 19.9 Å². The molecule has 0 unspecified atom stereocenters. The highest BCUT2D eigenvalue weighted by Crippen LogP contribution is 2.29. The fraction of sp³-hybridized carbons (Fsp3) is 0.300. The zero-order valence-electron chi connectivity index (χ0n) is 17.8. The summed E-state index contributed by atoms with van der Waals surface area (Å²) in [4.78, 5) is 16.0. The minimum Gasteiger partial charge on any atom is -0.477 e. The number of imidazole rings is 1. The normalized spacial score (nSPS) is 12.2. The zero-order chi connectivity index (χ0) is 22.9. The van der Waals surface area contributed by atoms with E-state index in [0.717, 1.165) is 5.52 Å². The minimum atomic E-state index is -3.96. The van der Waals surface area contributed by atoms with Crippen LogP contribution >= 0.6 is 0 Å². The van der Waals surface area contributed by atoms with Crippen LogP contribution in [-0.4, -0.2) is 55.4 Å². The van der Waals surface area contributed by atoms with Gasteiger partial charge < -0.3 is 14.8 Å². The van der Waals surface area contributed by atoms with Crippen molar-refractivity contribution in [2.24, 2.45) is 7.05 Å². The number of ether oxygens (including phenoxy) is 1. The van der Waals surface area contributed by atoms with Gasteiger partial charge in [0, 0.05) is 31.3 Å². The zero-order valence-corrected chi connectivity index (χ0v) is 18.6. The molecule has 0 saturated carbocycles. The maximum Gasteiger partial charge on any atom is 0.267 e. The molecule has 0 fully saturated rings. The van der Waals surface area contributed by atoms with Crippen molar-refractivity contribution in [3.8, 4) is 17.1 Å². The number of para-hydroxylation sites is 1. The SMILES string of the molecule is Cn1cc(S(=O)(=O)Nc2nc(OCCC(C)(C)O)cc(-c3cccc4[nH]cnc34)n2)cn1. The third kappa shape index (κ3) is 4.86. The number of nitrogens with one attached hydrogen (secondary N) is 2. The van der Waals surface area contributed by atoms with Crippen LogP contribution in [0.3, 0.4) is 0 Å². The maximum atomic E-state index is 12.8. The molecule has 0 amide bonds. The lowest BCUT2D eigenvalue weighted by atomic mass is 10.1. The van der Waals surface area contributed by atoms with Gasteiger partial charge in [-0.25, -0.2) is 23.1 Å². The van der Waals surface area contributed by atoms with Crippen LogP contribution in [0.15, 0.2) is 47.9 Å². The number of benzene rings is 1. The van der Waals surface area contributed by atoms with Crippen LogP contribution in [0.2, 0.25) is 0 Å². The van der Waals surface area contributed by atoms with E-state index >= 15 is 0 Å². The van der Waals surface area contributed by atoms with Crippen LogP contribution in [0.25, 0.3) is 22.3 Å². The largest absolute Gasteiger partial charge is 0.477 e. The molecule has 0 spiro atoms. The topological polar surface area (TPSA) is 148 Å². The number of anilines is 1.